The molecule has 0 unspecified atom stereocenters. The Bertz CT molecular complexity index is 798. The maximum atomic E-state index is 12.1. The molecule has 3 rings (SSSR count). The van der Waals surface area contributed by atoms with E-state index in [1.807, 2.05) is 42.5 Å². The summed E-state index contributed by atoms with van der Waals surface area (Å²) in [4.78, 5) is 12.1. The standard InChI is InChI=1S/C17H12O2/c1-2-12-9-6-10-14-15(18)11-16(19-17(12)14)13-7-4-3-5-8-13/h2-11H,1H2. The van der Waals surface area contributed by atoms with E-state index in [4.69, 9.17) is 4.42 Å². The second kappa shape index (κ2) is 4.58. The van der Waals surface area contributed by atoms with Crippen molar-refractivity contribution in [2.45, 2.75) is 0 Å². The van der Waals surface area contributed by atoms with Crippen molar-refractivity contribution < 1.29 is 4.42 Å². The Morgan fingerprint density at radius 2 is 1.79 bits per heavy atom. The molecule has 0 spiro atoms. The Balaban J connectivity index is 2.36. The van der Waals surface area contributed by atoms with Gasteiger partial charge in [0.25, 0.3) is 0 Å². The van der Waals surface area contributed by atoms with Crippen molar-refractivity contribution in [3.63, 3.8) is 0 Å². The van der Waals surface area contributed by atoms with E-state index in [2.05, 4.69) is 6.58 Å². The second-order valence-corrected chi connectivity index (χ2v) is 4.27. The molecule has 0 bridgehead atoms. The van der Waals surface area contributed by atoms with Crippen LogP contribution >= 0.6 is 0 Å². The number of benzene rings is 2. The van der Waals surface area contributed by atoms with Gasteiger partial charge in [0.2, 0.25) is 0 Å². The van der Waals surface area contributed by atoms with E-state index < -0.39 is 0 Å². The smallest absolute Gasteiger partial charge is 0.193 e. The number of fused-ring (bicyclic) bond motifs is 1. The molecule has 0 fully saturated rings. The van der Waals surface area contributed by atoms with Gasteiger partial charge < -0.3 is 4.42 Å². The maximum absolute atomic E-state index is 12.1. The first-order chi connectivity index (χ1) is 9.29. The molecule has 0 aliphatic heterocycles. The third kappa shape index (κ3) is 1.97. The normalized spacial score (nSPS) is 10.5. The fraction of sp³-hybridized carbons (Fsp3) is 0. The molecule has 0 atom stereocenters. The van der Waals surface area contributed by atoms with Crippen LogP contribution in [0.15, 0.2) is 70.4 Å². The van der Waals surface area contributed by atoms with Crippen molar-refractivity contribution in [2.75, 3.05) is 0 Å². The zero-order valence-electron chi connectivity index (χ0n) is 10.3. The van der Waals surface area contributed by atoms with Crippen molar-refractivity contribution >= 4 is 17.0 Å². The van der Waals surface area contributed by atoms with Crippen LogP contribution in [-0.2, 0) is 0 Å². The molecule has 0 aliphatic rings. The largest absolute Gasteiger partial charge is 0.455 e. The molecule has 0 N–H and O–H groups in total. The fourth-order valence-corrected chi connectivity index (χ4v) is 2.10. The summed E-state index contributed by atoms with van der Waals surface area (Å²) in [5.74, 6) is 0.576. The molecule has 1 aromatic heterocycles. The Morgan fingerprint density at radius 1 is 1.00 bits per heavy atom. The summed E-state index contributed by atoms with van der Waals surface area (Å²) in [6.07, 6.45) is 1.69. The first kappa shape index (κ1) is 11.5. The minimum atomic E-state index is -0.0381. The highest BCUT2D eigenvalue weighted by atomic mass is 16.3. The molecular weight excluding hydrogens is 236 g/mol. The zero-order valence-corrected chi connectivity index (χ0v) is 10.3. The van der Waals surface area contributed by atoms with E-state index in [-0.39, 0.29) is 5.43 Å². The topological polar surface area (TPSA) is 30.2 Å². The lowest BCUT2D eigenvalue weighted by Gasteiger charge is -2.05. The lowest BCUT2D eigenvalue weighted by Crippen LogP contribution is -2.00. The van der Waals surface area contributed by atoms with Gasteiger partial charge in [-0.3, -0.25) is 4.79 Å². The Hall–Kier alpha value is -2.61. The predicted octanol–water partition coefficient (Wildman–Crippen LogP) is 4.10. The molecule has 0 aliphatic carbocycles. The quantitative estimate of drug-likeness (QED) is 0.683. The molecule has 19 heavy (non-hydrogen) atoms. The summed E-state index contributed by atoms with van der Waals surface area (Å²) in [5.41, 5.74) is 2.26. The molecule has 3 aromatic rings. The number of hydrogen-bond donors (Lipinski definition) is 0. The van der Waals surface area contributed by atoms with Crippen LogP contribution < -0.4 is 5.43 Å². The molecule has 2 nitrogen and oxygen atoms in total. The minimum Gasteiger partial charge on any atom is -0.455 e. The number of hydrogen-bond acceptors (Lipinski definition) is 2. The highest BCUT2D eigenvalue weighted by Gasteiger charge is 2.08. The summed E-state index contributed by atoms with van der Waals surface area (Å²) >= 11 is 0. The van der Waals surface area contributed by atoms with Crippen LogP contribution in [0.4, 0.5) is 0 Å². The predicted molar refractivity (Wildman–Crippen MR) is 78.0 cm³/mol. The van der Waals surface area contributed by atoms with Crippen LogP contribution in [0.25, 0.3) is 28.4 Å². The van der Waals surface area contributed by atoms with E-state index in [0.717, 1.165) is 11.1 Å². The SMILES string of the molecule is C=Cc1cccc2c(=O)cc(-c3ccccc3)oc12. The molecule has 0 amide bonds. The van der Waals surface area contributed by atoms with Crippen LogP contribution in [0.1, 0.15) is 5.56 Å². The molecule has 1 heterocycles. The van der Waals surface area contributed by atoms with Crippen molar-refractivity contribution in [1.82, 2.24) is 0 Å². The van der Waals surface area contributed by atoms with E-state index in [1.165, 1.54) is 6.07 Å². The molecule has 2 aromatic carbocycles. The van der Waals surface area contributed by atoms with Crippen LogP contribution in [0.5, 0.6) is 0 Å². The van der Waals surface area contributed by atoms with Crippen molar-refractivity contribution in [3.05, 3.63) is 77.0 Å². The average Bonchev–Trinajstić information content (AvgIpc) is 2.47. The van der Waals surface area contributed by atoms with Gasteiger partial charge in [-0.15, -0.1) is 0 Å². The minimum absolute atomic E-state index is 0.0381. The summed E-state index contributed by atoms with van der Waals surface area (Å²) in [6.45, 7) is 3.75. The van der Waals surface area contributed by atoms with Gasteiger partial charge in [-0.05, 0) is 6.07 Å². The first-order valence-corrected chi connectivity index (χ1v) is 6.04. The Labute approximate surface area is 110 Å². The van der Waals surface area contributed by atoms with Gasteiger partial charge in [-0.2, -0.15) is 0 Å². The summed E-state index contributed by atoms with van der Waals surface area (Å²) in [5, 5.41) is 0.581. The molecular formula is C17H12O2. The maximum Gasteiger partial charge on any atom is 0.193 e. The van der Waals surface area contributed by atoms with Crippen LogP contribution in [-0.4, -0.2) is 0 Å². The summed E-state index contributed by atoms with van der Waals surface area (Å²) in [6, 6.07) is 16.6. The van der Waals surface area contributed by atoms with Crippen LogP contribution in [0, 0.1) is 0 Å². The number of rotatable bonds is 2. The van der Waals surface area contributed by atoms with Gasteiger partial charge >= 0.3 is 0 Å². The summed E-state index contributed by atoms with van der Waals surface area (Å²) < 4.78 is 5.88. The van der Waals surface area contributed by atoms with Crippen molar-refractivity contribution in [2.24, 2.45) is 0 Å². The Morgan fingerprint density at radius 3 is 2.53 bits per heavy atom. The van der Waals surface area contributed by atoms with E-state index in [1.54, 1.807) is 12.1 Å². The lowest BCUT2D eigenvalue weighted by atomic mass is 10.1. The van der Waals surface area contributed by atoms with Gasteiger partial charge in [-0.1, -0.05) is 55.1 Å². The van der Waals surface area contributed by atoms with Gasteiger partial charge in [0.1, 0.15) is 11.3 Å². The third-order valence-electron chi connectivity index (χ3n) is 3.06. The number of para-hydroxylation sites is 1. The fourth-order valence-electron chi connectivity index (χ4n) is 2.10. The molecule has 0 radical (unpaired) electrons. The van der Waals surface area contributed by atoms with Gasteiger partial charge in [0.15, 0.2) is 5.43 Å². The monoisotopic (exact) mass is 248 g/mol. The summed E-state index contributed by atoms with van der Waals surface area (Å²) in [7, 11) is 0. The first-order valence-electron chi connectivity index (χ1n) is 6.04. The van der Waals surface area contributed by atoms with Crippen LogP contribution in [0.3, 0.4) is 0 Å². The van der Waals surface area contributed by atoms with E-state index in [0.29, 0.717) is 16.7 Å². The highest BCUT2D eigenvalue weighted by Crippen LogP contribution is 2.24. The van der Waals surface area contributed by atoms with Gasteiger partial charge in [0, 0.05) is 17.2 Å². The van der Waals surface area contributed by atoms with Crippen molar-refractivity contribution in [1.29, 1.82) is 0 Å². The molecule has 0 saturated carbocycles. The second-order valence-electron chi connectivity index (χ2n) is 4.27. The molecule has 92 valence electrons. The Kier molecular flexibility index (Phi) is 2.76. The van der Waals surface area contributed by atoms with Gasteiger partial charge in [0.05, 0.1) is 5.39 Å². The lowest BCUT2D eigenvalue weighted by molar-refractivity contribution is 0.618. The highest BCUT2D eigenvalue weighted by molar-refractivity contribution is 5.86. The van der Waals surface area contributed by atoms with E-state index in [9.17, 15) is 4.79 Å². The van der Waals surface area contributed by atoms with Gasteiger partial charge in [-0.25, -0.2) is 0 Å². The van der Waals surface area contributed by atoms with Crippen molar-refractivity contribution in [3.8, 4) is 11.3 Å². The third-order valence-corrected chi connectivity index (χ3v) is 3.06. The molecule has 2 heteroatoms. The zero-order chi connectivity index (χ0) is 13.2. The average molecular weight is 248 g/mol. The molecule has 0 saturated heterocycles. The van der Waals surface area contributed by atoms with Crippen LogP contribution in [0.2, 0.25) is 0 Å². The van der Waals surface area contributed by atoms with E-state index >= 15 is 0 Å².